The maximum atomic E-state index is 13.0. The Morgan fingerprint density at radius 2 is 2.13 bits per heavy atom. The summed E-state index contributed by atoms with van der Waals surface area (Å²) in [5.74, 6) is 0.643. The molecule has 3 rings (SSSR count). The molecular weight excluding hydrogens is 290 g/mol. The highest BCUT2D eigenvalue weighted by atomic mass is 16.5. The predicted octanol–water partition coefficient (Wildman–Crippen LogP) is 4.27. The van der Waals surface area contributed by atoms with Gasteiger partial charge in [-0.05, 0) is 30.7 Å². The summed E-state index contributed by atoms with van der Waals surface area (Å²) >= 11 is 0. The van der Waals surface area contributed by atoms with Crippen LogP contribution in [-0.2, 0) is 0 Å². The molecule has 0 N–H and O–H groups in total. The SMILES string of the molecule is C=CCC(N=C)c1coc2ccc3cccc(OC)c3c2c1=O. The molecule has 0 saturated heterocycles. The topological polar surface area (TPSA) is 51.8 Å². The number of benzene rings is 2. The van der Waals surface area contributed by atoms with Gasteiger partial charge in [0.25, 0.3) is 0 Å². The van der Waals surface area contributed by atoms with Crippen LogP contribution in [0.1, 0.15) is 18.0 Å². The third kappa shape index (κ3) is 2.42. The molecule has 4 heteroatoms. The largest absolute Gasteiger partial charge is 0.496 e. The van der Waals surface area contributed by atoms with E-state index in [0.29, 0.717) is 28.7 Å². The molecule has 0 aliphatic carbocycles. The van der Waals surface area contributed by atoms with Gasteiger partial charge in [0.1, 0.15) is 17.6 Å². The first-order valence-electron chi connectivity index (χ1n) is 7.29. The zero-order valence-corrected chi connectivity index (χ0v) is 12.9. The second-order valence-corrected chi connectivity index (χ2v) is 5.24. The van der Waals surface area contributed by atoms with Gasteiger partial charge in [0.2, 0.25) is 0 Å². The molecule has 1 heterocycles. The predicted molar refractivity (Wildman–Crippen MR) is 93.6 cm³/mol. The molecule has 0 bridgehead atoms. The standard InChI is InChI=1S/C19H17NO3/c1-4-6-14(20-2)13-11-23-16-10-9-12-7-5-8-15(22-3)17(12)18(16)19(13)21/h4-5,7-11,14H,1-2,6H2,3H3. The highest BCUT2D eigenvalue weighted by Gasteiger charge is 2.18. The number of methoxy groups -OCH3 is 1. The first-order valence-corrected chi connectivity index (χ1v) is 7.29. The molecule has 1 unspecified atom stereocenters. The molecule has 3 aromatic rings. The van der Waals surface area contributed by atoms with E-state index in [2.05, 4.69) is 18.3 Å². The Balaban J connectivity index is 2.43. The third-order valence-corrected chi connectivity index (χ3v) is 3.96. The molecular formula is C19H17NO3. The van der Waals surface area contributed by atoms with Crippen molar-refractivity contribution in [1.29, 1.82) is 0 Å². The normalized spacial score (nSPS) is 12.2. The van der Waals surface area contributed by atoms with Crippen molar-refractivity contribution in [2.45, 2.75) is 12.5 Å². The molecule has 2 aromatic carbocycles. The van der Waals surface area contributed by atoms with Crippen molar-refractivity contribution in [2.75, 3.05) is 7.11 Å². The van der Waals surface area contributed by atoms with Gasteiger partial charge in [-0.3, -0.25) is 9.79 Å². The highest BCUT2D eigenvalue weighted by Crippen LogP contribution is 2.32. The Morgan fingerprint density at radius 1 is 1.30 bits per heavy atom. The summed E-state index contributed by atoms with van der Waals surface area (Å²) in [6.45, 7) is 7.27. The smallest absolute Gasteiger partial charge is 0.198 e. The highest BCUT2D eigenvalue weighted by molar-refractivity contribution is 6.08. The summed E-state index contributed by atoms with van der Waals surface area (Å²) in [6, 6.07) is 9.02. The van der Waals surface area contributed by atoms with Gasteiger partial charge in [-0.25, -0.2) is 0 Å². The Bertz CT molecular complexity index is 956. The number of fused-ring (bicyclic) bond motifs is 3. The molecule has 0 amide bonds. The summed E-state index contributed by atoms with van der Waals surface area (Å²) in [6.07, 6.45) is 3.71. The molecule has 1 atom stereocenters. The average molecular weight is 307 g/mol. The summed E-state index contributed by atoms with van der Waals surface area (Å²) in [7, 11) is 1.59. The van der Waals surface area contributed by atoms with Crippen molar-refractivity contribution in [1.82, 2.24) is 0 Å². The number of hydrogen-bond donors (Lipinski definition) is 0. The van der Waals surface area contributed by atoms with E-state index < -0.39 is 0 Å². The van der Waals surface area contributed by atoms with Gasteiger partial charge in [-0.2, -0.15) is 0 Å². The number of nitrogens with zero attached hydrogens (tertiary/aromatic N) is 1. The zero-order valence-electron chi connectivity index (χ0n) is 12.9. The lowest BCUT2D eigenvalue weighted by molar-refractivity contribution is 0.420. The van der Waals surface area contributed by atoms with Crippen LogP contribution in [0.5, 0.6) is 5.75 Å². The Hall–Kier alpha value is -2.88. The van der Waals surface area contributed by atoms with E-state index in [1.807, 2.05) is 24.3 Å². The second-order valence-electron chi connectivity index (χ2n) is 5.24. The minimum absolute atomic E-state index is 0.111. The van der Waals surface area contributed by atoms with Crippen LogP contribution < -0.4 is 10.2 Å². The third-order valence-electron chi connectivity index (χ3n) is 3.96. The Kier molecular flexibility index (Phi) is 3.98. The van der Waals surface area contributed by atoms with E-state index in [1.54, 1.807) is 19.3 Å². The molecule has 0 radical (unpaired) electrons. The molecule has 116 valence electrons. The number of hydrogen-bond acceptors (Lipinski definition) is 4. The maximum Gasteiger partial charge on any atom is 0.198 e. The first kappa shape index (κ1) is 15.0. The van der Waals surface area contributed by atoms with Crippen LogP contribution in [0, 0.1) is 0 Å². The van der Waals surface area contributed by atoms with E-state index in [9.17, 15) is 4.79 Å². The van der Waals surface area contributed by atoms with Gasteiger partial charge in [0.15, 0.2) is 5.43 Å². The van der Waals surface area contributed by atoms with Crippen molar-refractivity contribution < 1.29 is 9.15 Å². The van der Waals surface area contributed by atoms with Gasteiger partial charge in [-0.15, -0.1) is 6.58 Å². The lowest BCUT2D eigenvalue weighted by Gasteiger charge is -2.12. The van der Waals surface area contributed by atoms with Crippen molar-refractivity contribution in [3.05, 3.63) is 65.0 Å². The van der Waals surface area contributed by atoms with E-state index >= 15 is 0 Å². The Morgan fingerprint density at radius 3 is 2.83 bits per heavy atom. The van der Waals surface area contributed by atoms with E-state index in [-0.39, 0.29) is 11.5 Å². The minimum atomic E-state index is -0.363. The van der Waals surface area contributed by atoms with Crippen LogP contribution in [0.4, 0.5) is 0 Å². The van der Waals surface area contributed by atoms with Crippen LogP contribution in [0.3, 0.4) is 0 Å². The first-order chi connectivity index (χ1) is 11.2. The molecule has 1 aromatic heterocycles. The lowest BCUT2D eigenvalue weighted by atomic mass is 10.00. The van der Waals surface area contributed by atoms with Gasteiger partial charge in [-0.1, -0.05) is 24.3 Å². The maximum absolute atomic E-state index is 13.0. The zero-order chi connectivity index (χ0) is 16.4. The molecule has 23 heavy (non-hydrogen) atoms. The summed E-state index contributed by atoms with van der Waals surface area (Å²) in [4.78, 5) is 17.1. The fourth-order valence-electron chi connectivity index (χ4n) is 2.83. The van der Waals surface area contributed by atoms with Crippen LogP contribution in [0.15, 0.2) is 63.5 Å². The summed E-state index contributed by atoms with van der Waals surface area (Å²) in [5.41, 5.74) is 0.892. The second kappa shape index (κ2) is 6.08. The molecule has 0 aliphatic rings. The number of ether oxygens (including phenoxy) is 1. The quantitative estimate of drug-likeness (QED) is 0.402. The fraction of sp³-hybridized carbons (Fsp3) is 0.158. The van der Waals surface area contributed by atoms with Crippen LogP contribution in [0.25, 0.3) is 21.7 Å². The van der Waals surface area contributed by atoms with Crippen molar-refractivity contribution in [3.63, 3.8) is 0 Å². The van der Waals surface area contributed by atoms with E-state index in [1.165, 1.54) is 6.26 Å². The molecule has 0 fully saturated rings. The van der Waals surface area contributed by atoms with Crippen LogP contribution in [0.2, 0.25) is 0 Å². The fourth-order valence-corrected chi connectivity index (χ4v) is 2.83. The van der Waals surface area contributed by atoms with Crippen molar-refractivity contribution >= 4 is 28.5 Å². The lowest BCUT2D eigenvalue weighted by Crippen LogP contribution is -2.12. The van der Waals surface area contributed by atoms with Crippen LogP contribution >= 0.6 is 0 Å². The Labute approximate surface area is 133 Å². The van der Waals surface area contributed by atoms with E-state index in [0.717, 1.165) is 10.8 Å². The van der Waals surface area contributed by atoms with Gasteiger partial charge >= 0.3 is 0 Å². The van der Waals surface area contributed by atoms with Gasteiger partial charge in [0, 0.05) is 5.39 Å². The monoisotopic (exact) mass is 307 g/mol. The molecule has 4 nitrogen and oxygen atoms in total. The van der Waals surface area contributed by atoms with Gasteiger partial charge in [0.05, 0.1) is 24.1 Å². The van der Waals surface area contributed by atoms with Gasteiger partial charge < -0.3 is 9.15 Å². The van der Waals surface area contributed by atoms with Crippen molar-refractivity contribution in [2.24, 2.45) is 4.99 Å². The molecule has 0 aliphatic heterocycles. The van der Waals surface area contributed by atoms with E-state index in [4.69, 9.17) is 9.15 Å². The van der Waals surface area contributed by atoms with Crippen molar-refractivity contribution in [3.8, 4) is 5.75 Å². The minimum Gasteiger partial charge on any atom is -0.496 e. The number of rotatable bonds is 5. The number of aliphatic imine (C=N–C) groups is 1. The summed E-state index contributed by atoms with van der Waals surface area (Å²) < 4.78 is 11.1. The average Bonchev–Trinajstić information content (AvgIpc) is 2.59. The molecule has 0 saturated carbocycles. The molecule has 0 spiro atoms. The summed E-state index contributed by atoms with van der Waals surface area (Å²) in [5, 5.41) is 2.19. The van der Waals surface area contributed by atoms with Crippen LogP contribution in [-0.4, -0.2) is 13.8 Å².